The van der Waals surface area contributed by atoms with E-state index in [1.165, 1.54) is 7.11 Å². The smallest absolute Gasteiger partial charge is 0.339 e. The van der Waals surface area contributed by atoms with Gasteiger partial charge in [-0.3, -0.25) is 4.79 Å². The lowest BCUT2D eigenvalue weighted by Crippen LogP contribution is -2.16. The quantitative estimate of drug-likeness (QED) is 0.478. The summed E-state index contributed by atoms with van der Waals surface area (Å²) in [5.41, 5.74) is 0.618. The van der Waals surface area contributed by atoms with Crippen molar-refractivity contribution in [1.82, 2.24) is 0 Å². The number of esters is 1. The SMILES string of the molecule is COC(=O)c1c(Br)cccc1C(=O)C(C)Br. The number of carbonyl (C=O) groups excluding carboxylic acids is 2. The van der Waals surface area contributed by atoms with Gasteiger partial charge in [-0.2, -0.15) is 0 Å². The van der Waals surface area contributed by atoms with E-state index in [2.05, 4.69) is 36.6 Å². The maximum absolute atomic E-state index is 11.9. The van der Waals surface area contributed by atoms with Crippen LogP contribution in [0.2, 0.25) is 0 Å². The molecule has 1 unspecified atom stereocenters. The molecule has 0 heterocycles. The molecule has 0 radical (unpaired) electrons. The fraction of sp³-hybridized carbons (Fsp3) is 0.273. The second kappa shape index (κ2) is 5.59. The standard InChI is InChI=1S/C11H10Br2O3/c1-6(12)10(14)7-4-3-5-8(13)9(7)11(15)16-2/h3-6H,1-2H3. The molecule has 0 aliphatic rings. The van der Waals surface area contributed by atoms with Crippen molar-refractivity contribution in [3.8, 4) is 0 Å². The molecule has 86 valence electrons. The van der Waals surface area contributed by atoms with E-state index in [-0.39, 0.29) is 16.2 Å². The third-order valence-corrected chi connectivity index (χ3v) is 3.11. The zero-order valence-electron chi connectivity index (χ0n) is 8.79. The van der Waals surface area contributed by atoms with E-state index in [0.717, 1.165) is 0 Å². The van der Waals surface area contributed by atoms with E-state index in [1.54, 1.807) is 25.1 Å². The molecule has 0 bridgehead atoms. The van der Waals surface area contributed by atoms with Gasteiger partial charge >= 0.3 is 5.97 Å². The van der Waals surface area contributed by atoms with Crippen LogP contribution in [-0.2, 0) is 4.74 Å². The van der Waals surface area contributed by atoms with Crippen molar-refractivity contribution in [2.45, 2.75) is 11.8 Å². The average molecular weight is 350 g/mol. The van der Waals surface area contributed by atoms with Gasteiger partial charge in [0.1, 0.15) is 0 Å². The maximum atomic E-state index is 11.9. The van der Waals surface area contributed by atoms with Crippen LogP contribution in [0, 0.1) is 0 Å². The molecule has 1 rings (SSSR count). The summed E-state index contributed by atoms with van der Waals surface area (Å²) in [4.78, 5) is 23.1. The number of ether oxygens (including phenoxy) is 1. The van der Waals surface area contributed by atoms with Gasteiger partial charge in [0.05, 0.1) is 17.5 Å². The number of halogens is 2. The molecule has 16 heavy (non-hydrogen) atoms. The first kappa shape index (κ1) is 13.4. The van der Waals surface area contributed by atoms with Gasteiger partial charge in [0.25, 0.3) is 0 Å². The molecule has 0 saturated heterocycles. The van der Waals surface area contributed by atoms with Gasteiger partial charge in [0.2, 0.25) is 0 Å². The van der Waals surface area contributed by atoms with Crippen LogP contribution in [0.25, 0.3) is 0 Å². The van der Waals surface area contributed by atoms with E-state index in [1.807, 2.05) is 0 Å². The number of hydrogen-bond acceptors (Lipinski definition) is 3. The third kappa shape index (κ3) is 2.71. The van der Waals surface area contributed by atoms with Crippen molar-refractivity contribution < 1.29 is 14.3 Å². The van der Waals surface area contributed by atoms with Gasteiger partial charge in [-0.1, -0.05) is 28.1 Å². The number of ketones is 1. The minimum Gasteiger partial charge on any atom is -0.465 e. The average Bonchev–Trinajstić information content (AvgIpc) is 2.26. The number of carbonyl (C=O) groups is 2. The Labute approximate surface area is 110 Å². The van der Waals surface area contributed by atoms with Gasteiger partial charge in [0, 0.05) is 10.0 Å². The number of methoxy groups -OCH3 is 1. The predicted octanol–water partition coefficient (Wildman–Crippen LogP) is 3.20. The van der Waals surface area contributed by atoms with Gasteiger partial charge in [0.15, 0.2) is 5.78 Å². The van der Waals surface area contributed by atoms with Crippen LogP contribution >= 0.6 is 31.9 Å². The molecule has 0 aliphatic heterocycles. The Balaban J connectivity index is 3.34. The Bertz CT molecular complexity index is 427. The first-order valence-electron chi connectivity index (χ1n) is 4.54. The Morgan fingerprint density at radius 3 is 2.50 bits per heavy atom. The lowest BCUT2D eigenvalue weighted by atomic mass is 10.0. The monoisotopic (exact) mass is 348 g/mol. The highest BCUT2D eigenvalue weighted by molar-refractivity contribution is 9.10. The van der Waals surface area contributed by atoms with Crippen LogP contribution < -0.4 is 0 Å². The van der Waals surface area contributed by atoms with Crippen LogP contribution in [0.4, 0.5) is 0 Å². The van der Waals surface area contributed by atoms with Gasteiger partial charge in [-0.15, -0.1) is 0 Å². The van der Waals surface area contributed by atoms with E-state index < -0.39 is 5.97 Å². The van der Waals surface area contributed by atoms with Crippen molar-refractivity contribution in [2.24, 2.45) is 0 Å². The Kier molecular flexibility index (Phi) is 4.68. The van der Waals surface area contributed by atoms with Crippen molar-refractivity contribution in [3.63, 3.8) is 0 Å². The second-order valence-electron chi connectivity index (χ2n) is 3.13. The lowest BCUT2D eigenvalue weighted by Gasteiger charge is -2.09. The van der Waals surface area contributed by atoms with Crippen LogP contribution in [0.15, 0.2) is 22.7 Å². The summed E-state index contributed by atoms with van der Waals surface area (Å²) < 4.78 is 5.21. The van der Waals surface area contributed by atoms with E-state index in [9.17, 15) is 9.59 Å². The molecule has 5 heteroatoms. The van der Waals surface area contributed by atoms with Gasteiger partial charge in [-0.25, -0.2) is 4.79 Å². The molecule has 0 spiro atoms. The van der Waals surface area contributed by atoms with Crippen molar-refractivity contribution in [1.29, 1.82) is 0 Å². The molecule has 0 fully saturated rings. The topological polar surface area (TPSA) is 43.4 Å². The molecule has 0 saturated carbocycles. The minimum absolute atomic E-state index is 0.151. The van der Waals surface area contributed by atoms with Crippen LogP contribution in [0.1, 0.15) is 27.6 Å². The Morgan fingerprint density at radius 2 is 2.00 bits per heavy atom. The highest BCUT2D eigenvalue weighted by Gasteiger charge is 2.22. The number of rotatable bonds is 3. The Hall–Kier alpha value is -0.680. The number of benzene rings is 1. The van der Waals surface area contributed by atoms with E-state index in [4.69, 9.17) is 0 Å². The Morgan fingerprint density at radius 1 is 1.38 bits per heavy atom. The molecule has 0 aliphatic carbocycles. The fourth-order valence-corrected chi connectivity index (χ4v) is 2.03. The molecular formula is C11H10Br2O3. The fourth-order valence-electron chi connectivity index (χ4n) is 1.25. The van der Waals surface area contributed by atoms with E-state index >= 15 is 0 Å². The number of alkyl halides is 1. The zero-order chi connectivity index (χ0) is 12.3. The molecular weight excluding hydrogens is 340 g/mol. The summed E-state index contributed by atoms with van der Waals surface area (Å²) >= 11 is 6.43. The normalized spacial score (nSPS) is 12.0. The molecule has 1 aromatic carbocycles. The molecule has 0 aromatic heterocycles. The number of hydrogen-bond donors (Lipinski definition) is 0. The summed E-state index contributed by atoms with van der Waals surface area (Å²) in [5, 5.41) is 0. The van der Waals surface area contributed by atoms with Crippen molar-refractivity contribution in [3.05, 3.63) is 33.8 Å². The third-order valence-electron chi connectivity index (χ3n) is 2.03. The second-order valence-corrected chi connectivity index (χ2v) is 5.36. The highest BCUT2D eigenvalue weighted by atomic mass is 79.9. The molecule has 3 nitrogen and oxygen atoms in total. The van der Waals surface area contributed by atoms with Crippen molar-refractivity contribution >= 4 is 43.6 Å². The summed E-state index contributed by atoms with van der Waals surface area (Å²) in [6.45, 7) is 1.71. The van der Waals surface area contributed by atoms with Crippen molar-refractivity contribution in [2.75, 3.05) is 7.11 Å². The first-order valence-corrected chi connectivity index (χ1v) is 6.25. The highest BCUT2D eigenvalue weighted by Crippen LogP contribution is 2.23. The first-order chi connectivity index (χ1) is 7.49. The summed E-state index contributed by atoms with van der Waals surface area (Å²) in [7, 11) is 1.29. The van der Waals surface area contributed by atoms with Gasteiger partial charge in [-0.05, 0) is 28.9 Å². The minimum atomic E-state index is -0.524. The zero-order valence-corrected chi connectivity index (χ0v) is 12.0. The largest absolute Gasteiger partial charge is 0.465 e. The molecule has 1 aromatic rings. The van der Waals surface area contributed by atoms with Crippen LogP contribution in [-0.4, -0.2) is 23.7 Å². The predicted molar refractivity (Wildman–Crippen MR) is 68.2 cm³/mol. The summed E-state index contributed by atoms with van der Waals surface area (Å²) in [6.07, 6.45) is 0. The number of Topliss-reactive ketones (excluding diaryl/α,β-unsaturated/α-hetero) is 1. The molecule has 1 atom stereocenters. The lowest BCUT2D eigenvalue weighted by molar-refractivity contribution is 0.0596. The molecule has 0 N–H and O–H groups in total. The summed E-state index contributed by atoms with van der Waals surface area (Å²) in [5.74, 6) is -0.675. The maximum Gasteiger partial charge on any atom is 0.339 e. The molecule has 0 amide bonds. The summed E-state index contributed by atoms with van der Waals surface area (Å²) in [6, 6.07) is 5.01. The van der Waals surface area contributed by atoms with Crippen LogP contribution in [0.3, 0.4) is 0 Å². The van der Waals surface area contributed by atoms with E-state index in [0.29, 0.717) is 10.0 Å². The van der Waals surface area contributed by atoms with Gasteiger partial charge < -0.3 is 4.74 Å². The van der Waals surface area contributed by atoms with Crippen LogP contribution in [0.5, 0.6) is 0 Å².